The third-order valence-electron chi connectivity index (χ3n) is 3.90. The SMILES string of the molecule is COc1cccc(C[NH+]2CCc3ccccc3C2)c1. The zero-order valence-electron chi connectivity index (χ0n) is 11.4. The molecule has 0 radical (unpaired) electrons. The highest BCUT2D eigenvalue weighted by atomic mass is 16.5. The van der Waals surface area contributed by atoms with Crippen molar-refractivity contribution in [3.8, 4) is 5.75 Å². The molecule has 1 heterocycles. The monoisotopic (exact) mass is 254 g/mol. The highest BCUT2D eigenvalue weighted by Crippen LogP contribution is 2.13. The van der Waals surface area contributed by atoms with Gasteiger partial charge in [0.2, 0.25) is 0 Å². The lowest BCUT2D eigenvalue weighted by Gasteiger charge is -2.26. The number of rotatable bonds is 3. The summed E-state index contributed by atoms with van der Waals surface area (Å²) in [5.74, 6) is 0.953. The van der Waals surface area contributed by atoms with Crippen LogP contribution in [0.4, 0.5) is 0 Å². The maximum Gasteiger partial charge on any atom is 0.119 e. The fourth-order valence-electron chi connectivity index (χ4n) is 2.86. The number of benzene rings is 2. The van der Waals surface area contributed by atoms with Gasteiger partial charge in [0.1, 0.15) is 18.8 Å². The van der Waals surface area contributed by atoms with Gasteiger partial charge in [-0.3, -0.25) is 0 Å². The zero-order chi connectivity index (χ0) is 13.1. The van der Waals surface area contributed by atoms with Gasteiger partial charge in [0, 0.05) is 17.5 Å². The first-order valence-electron chi connectivity index (χ1n) is 6.88. The Balaban J connectivity index is 1.71. The van der Waals surface area contributed by atoms with Gasteiger partial charge in [-0.2, -0.15) is 0 Å². The Kier molecular flexibility index (Phi) is 3.51. The highest BCUT2D eigenvalue weighted by Gasteiger charge is 2.18. The van der Waals surface area contributed by atoms with Crippen molar-refractivity contribution in [2.24, 2.45) is 0 Å². The van der Waals surface area contributed by atoms with Gasteiger partial charge >= 0.3 is 0 Å². The predicted octanol–water partition coefficient (Wildman–Crippen LogP) is 1.84. The van der Waals surface area contributed by atoms with Crippen LogP contribution in [0.1, 0.15) is 16.7 Å². The minimum Gasteiger partial charge on any atom is -0.497 e. The Hall–Kier alpha value is -1.80. The first-order valence-corrected chi connectivity index (χ1v) is 6.88. The van der Waals surface area contributed by atoms with Crippen LogP contribution in [0, 0.1) is 0 Å². The average Bonchev–Trinajstić information content (AvgIpc) is 2.47. The molecule has 0 amide bonds. The topological polar surface area (TPSA) is 13.7 Å². The number of methoxy groups -OCH3 is 1. The van der Waals surface area contributed by atoms with E-state index >= 15 is 0 Å². The maximum absolute atomic E-state index is 5.29. The smallest absolute Gasteiger partial charge is 0.119 e. The van der Waals surface area contributed by atoms with Crippen LogP contribution in [0.3, 0.4) is 0 Å². The zero-order valence-corrected chi connectivity index (χ0v) is 11.4. The first-order chi connectivity index (χ1) is 9.35. The molecule has 0 saturated heterocycles. The molecular formula is C17H20NO+. The maximum atomic E-state index is 5.29. The number of hydrogen-bond donors (Lipinski definition) is 1. The Morgan fingerprint density at radius 1 is 1.05 bits per heavy atom. The van der Waals surface area contributed by atoms with Gasteiger partial charge in [0.25, 0.3) is 0 Å². The largest absolute Gasteiger partial charge is 0.497 e. The Morgan fingerprint density at radius 2 is 1.89 bits per heavy atom. The van der Waals surface area contributed by atoms with Crippen LogP contribution < -0.4 is 9.64 Å². The number of hydrogen-bond acceptors (Lipinski definition) is 1. The summed E-state index contributed by atoms with van der Waals surface area (Å²) in [6, 6.07) is 17.2. The molecule has 1 aliphatic heterocycles. The summed E-state index contributed by atoms with van der Waals surface area (Å²) < 4.78 is 5.29. The molecule has 19 heavy (non-hydrogen) atoms. The van der Waals surface area contributed by atoms with Crippen molar-refractivity contribution >= 4 is 0 Å². The van der Waals surface area contributed by atoms with Crippen molar-refractivity contribution in [3.63, 3.8) is 0 Å². The van der Waals surface area contributed by atoms with E-state index in [1.165, 1.54) is 29.7 Å². The molecule has 1 aliphatic rings. The van der Waals surface area contributed by atoms with Gasteiger partial charge < -0.3 is 9.64 Å². The molecule has 0 aromatic heterocycles. The third-order valence-corrected chi connectivity index (χ3v) is 3.90. The van der Waals surface area contributed by atoms with Crippen LogP contribution in [0.25, 0.3) is 0 Å². The molecule has 0 bridgehead atoms. The van der Waals surface area contributed by atoms with Crippen molar-refractivity contribution in [2.45, 2.75) is 19.5 Å². The van der Waals surface area contributed by atoms with Gasteiger partial charge in [-0.05, 0) is 17.7 Å². The molecule has 3 rings (SSSR count). The molecule has 0 spiro atoms. The first kappa shape index (κ1) is 12.2. The molecule has 1 N–H and O–H groups in total. The third kappa shape index (κ3) is 2.79. The van der Waals surface area contributed by atoms with E-state index in [1.54, 1.807) is 12.0 Å². The predicted molar refractivity (Wildman–Crippen MR) is 76.4 cm³/mol. The molecule has 2 aromatic rings. The molecule has 1 unspecified atom stereocenters. The normalized spacial score (nSPS) is 17.8. The lowest BCUT2D eigenvalue weighted by Crippen LogP contribution is -3.10. The highest BCUT2D eigenvalue weighted by molar-refractivity contribution is 5.29. The van der Waals surface area contributed by atoms with Crippen LogP contribution in [-0.2, 0) is 19.5 Å². The van der Waals surface area contributed by atoms with Gasteiger partial charge in [0.15, 0.2) is 0 Å². The van der Waals surface area contributed by atoms with Crippen molar-refractivity contribution < 1.29 is 9.64 Å². The fraction of sp³-hybridized carbons (Fsp3) is 0.294. The quantitative estimate of drug-likeness (QED) is 0.882. The van der Waals surface area contributed by atoms with Crippen LogP contribution in [-0.4, -0.2) is 13.7 Å². The molecule has 0 saturated carbocycles. The van der Waals surface area contributed by atoms with Crippen LogP contribution in [0.2, 0.25) is 0 Å². The van der Waals surface area contributed by atoms with E-state index in [2.05, 4.69) is 42.5 Å². The molecular weight excluding hydrogens is 234 g/mol. The van der Waals surface area contributed by atoms with Gasteiger partial charge in [0.05, 0.1) is 13.7 Å². The van der Waals surface area contributed by atoms with Crippen LogP contribution in [0.5, 0.6) is 5.75 Å². The minimum absolute atomic E-state index is 0.953. The standard InChI is InChI=1S/C17H19NO/c1-19-17-8-4-5-14(11-17)12-18-10-9-15-6-2-3-7-16(15)13-18/h2-8,11H,9-10,12-13H2,1H3/p+1. The van der Waals surface area contributed by atoms with Crippen LogP contribution in [0.15, 0.2) is 48.5 Å². The summed E-state index contributed by atoms with van der Waals surface area (Å²) >= 11 is 0. The Bertz CT molecular complexity index is 565. The van der Waals surface area contributed by atoms with E-state index in [9.17, 15) is 0 Å². The molecule has 98 valence electrons. The van der Waals surface area contributed by atoms with E-state index in [1.807, 2.05) is 6.07 Å². The van der Waals surface area contributed by atoms with Crippen molar-refractivity contribution in [2.75, 3.05) is 13.7 Å². The van der Waals surface area contributed by atoms with Gasteiger partial charge in [-0.25, -0.2) is 0 Å². The average molecular weight is 254 g/mol. The molecule has 0 aliphatic carbocycles. The second kappa shape index (κ2) is 5.45. The van der Waals surface area contributed by atoms with Gasteiger partial charge in [-0.1, -0.05) is 36.4 Å². The van der Waals surface area contributed by atoms with E-state index in [0.717, 1.165) is 18.8 Å². The van der Waals surface area contributed by atoms with E-state index in [-0.39, 0.29) is 0 Å². The molecule has 2 aromatic carbocycles. The summed E-state index contributed by atoms with van der Waals surface area (Å²) in [6.07, 6.45) is 1.19. The minimum atomic E-state index is 0.953. The second-order valence-corrected chi connectivity index (χ2v) is 5.22. The van der Waals surface area contributed by atoms with Crippen LogP contribution >= 0.6 is 0 Å². The Morgan fingerprint density at radius 3 is 2.74 bits per heavy atom. The molecule has 2 heteroatoms. The van der Waals surface area contributed by atoms with Crippen molar-refractivity contribution in [3.05, 3.63) is 65.2 Å². The van der Waals surface area contributed by atoms with E-state index in [0.29, 0.717) is 0 Å². The summed E-state index contributed by atoms with van der Waals surface area (Å²) in [5.41, 5.74) is 4.39. The Labute approximate surface area is 114 Å². The summed E-state index contributed by atoms with van der Waals surface area (Å²) in [7, 11) is 1.73. The second-order valence-electron chi connectivity index (χ2n) is 5.22. The number of quaternary nitrogens is 1. The van der Waals surface area contributed by atoms with Crippen molar-refractivity contribution in [1.29, 1.82) is 0 Å². The fourth-order valence-corrected chi connectivity index (χ4v) is 2.86. The number of ether oxygens (including phenoxy) is 1. The van der Waals surface area contributed by atoms with E-state index in [4.69, 9.17) is 4.74 Å². The van der Waals surface area contributed by atoms with E-state index < -0.39 is 0 Å². The summed E-state index contributed by atoms with van der Waals surface area (Å²) in [5, 5.41) is 0. The van der Waals surface area contributed by atoms with Gasteiger partial charge in [-0.15, -0.1) is 0 Å². The summed E-state index contributed by atoms with van der Waals surface area (Å²) in [4.78, 5) is 1.63. The number of fused-ring (bicyclic) bond motifs is 1. The lowest BCUT2D eigenvalue weighted by atomic mass is 9.99. The summed E-state index contributed by atoms with van der Waals surface area (Å²) in [6.45, 7) is 3.42. The molecule has 0 fully saturated rings. The molecule has 2 nitrogen and oxygen atoms in total. The van der Waals surface area contributed by atoms with Crippen molar-refractivity contribution in [1.82, 2.24) is 0 Å². The molecule has 1 atom stereocenters. The lowest BCUT2D eigenvalue weighted by molar-refractivity contribution is -0.929. The number of nitrogens with one attached hydrogen (secondary N) is 1.